The van der Waals surface area contributed by atoms with Gasteiger partial charge in [0.25, 0.3) is 11.8 Å². The van der Waals surface area contributed by atoms with E-state index in [1.807, 2.05) is 17.0 Å². The molecule has 2 saturated heterocycles. The Bertz CT molecular complexity index is 1220. The zero-order chi connectivity index (χ0) is 30.2. The van der Waals surface area contributed by atoms with Crippen LogP contribution >= 0.6 is 0 Å². The Balaban J connectivity index is 0.903. The van der Waals surface area contributed by atoms with E-state index in [2.05, 4.69) is 31.6 Å². The van der Waals surface area contributed by atoms with Crippen LogP contribution in [0.2, 0.25) is 0 Å². The van der Waals surface area contributed by atoms with Crippen molar-refractivity contribution in [3.63, 3.8) is 0 Å². The van der Waals surface area contributed by atoms with Gasteiger partial charge in [-0.25, -0.2) is 4.98 Å². The standard InChI is InChI=1S/C35H52N6O3/c42-33(30-23-29-24-36-26-35(32(29)39-30)14-6-3-1-2-4-7-15-35)37-16-8-5-9-27-12-17-41(18-13-27)34(43)28-10-11-31(38-25-28)40-19-21-44-22-20-40/h10-11,23,25,27,36,39H,1-9,12-22,24,26H2,(H,37,42). The maximum atomic E-state index is 13.1. The molecule has 3 N–H and O–H groups in total. The molecule has 0 unspecified atom stereocenters. The molecule has 2 aromatic heterocycles. The highest BCUT2D eigenvalue weighted by molar-refractivity contribution is 5.94. The first-order valence-corrected chi connectivity index (χ1v) is 17.4. The number of rotatable bonds is 8. The second-order valence-electron chi connectivity index (χ2n) is 13.6. The molecular formula is C35H52N6O3. The Morgan fingerprint density at radius 2 is 1.73 bits per heavy atom. The van der Waals surface area contributed by atoms with Gasteiger partial charge in [-0.15, -0.1) is 0 Å². The van der Waals surface area contributed by atoms with E-state index in [4.69, 9.17) is 4.74 Å². The Kier molecular flexibility index (Phi) is 10.5. The van der Waals surface area contributed by atoms with Crippen molar-refractivity contribution in [3.8, 4) is 0 Å². The number of likely N-dealkylation sites (tertiary alicyclic amines) is 1. The molecule has 3 aliphatic heterocycles. The Labute approximate surface area is 262 Å². The molecule has 5 heterocycles. The van der Waals surface area contributed by atoms with Gasteiger partial charge in [0, 0.05) is 63.1 Å². The number of aromatic nitrogens is 2. The van der Waals surface area contributed by atoms with Crippen LogP contribution in [0.3, 0.4) is 0 Å². The normalized spacial score (nSPS) is 21.3. The minimum atomic E-state index is 0.0249. The van der Waals surface area contributed by atoms with Gasteiger partial charge in [-0.05, 0) is 61.8 Å². The molecule has 4 aliphatic rings. The lowest BCUT2D eigenvalue weighted by molar-refractivity contribution is 0.0685. The van der Waals surface area contributed by atoms with Crippen LogP contribution in [-0.2, 0) is 16.7 Å². The monoisotopic (exact) mass is 604 g/mol. The molecule has 2 amide bonds. The summed E-state index contributed by atoms with van der Waals surface area (Å²) < 4.78 is 5.42. The molecule has 6 rings (SSSR count). The average Bonchev–Trinajstić information content (AvgIpc) is 3.56. The maximum Gasteiger partial charge on any atom is 0.267 e. The number of carbonyl (C=O) groups excluding carboxylic acids is 2. The summed E-state index contributed by atoms with van der Waals surface area (Å²) in [6.07, 6.45) is 17.4. The number of unbranched alkanes of at least 4 members (excludes halogenated alkanes) is 1. The molecule has 1 spiro atoms. The molecule has 44 heavy (non-hydrogen) atoms. The van der Waals surface area contributed by atoms with Crippen LogP contribution in [0.1, 0.15) is 116 Å². The molecule has 0 atom stereocenters. The first-order valence-electron chi connectivity index (χ1n) is 17.4. The number of amides is 2. The number of nitrogens with one attached hydrogen (secondary N) is 3. The van der Waals surface area contributed by atoms with Crippen molar-refractivity contribution < 1.29 is 14.3 Å². The summed E-state index contributed by atoms with van der Waals surface area (Å²) in [5.41, 5.74) is 4.16. The minimum Gasteiger partial charge on any atom is -0.378 e. The first kappa shape index (κ1) is 31.1. The highest BCUT2D eigenvalue weighted by atomic mass is 16.5. The van der Waals surface area contributed by atoms with Crippen LogP contribution < -0.4 is 15.5 Å². The van der Waals surface area contributed by atoms with E-state index in [1.54, 1.807) is 6.20 Å². The number of H-pyrrole nitrogens is 1. The van der Waals surface area contributed by atoms with Crippen molar-refractivity contribution in [2.45, 2.75) is 95.4 Å². The smallest absolute Gasteiger partial charge is 0.267 e. The largest absolute Gasteiger partial charge is 0.378 e. The third-order valence-corrected chi connectivity index (χ3v) is 10.6. The van der Waals surface area contributed by atoms with E-state index in [1.165, 1.54) is 62.6 Å². The summed E-state index contributed by atoms with van der Waals surface area (Å²) >= 11 is 0. The molecule has 9 nitrogen and oxygen atoms in total. The maximum absolute atomic E-state index is 13.1. The Morgan fingerprint density at radius 3 is 2.45 bits per heavy atom. The van der Waals surface area contributed by atoms with E-state index in [-0.39, 0.29) is 17.2 Å². The molecule has 240 valence electrons. The SMILES string of the molecule is O=C(NCCCCC1CCN(C(=O)c2ccc(N3CCOCC3)nc2)CC1)c1cc2c([nH]1)C1(CCCCCCCC1)CNC2. The van der Waals surface area contributed by atoms with Gasteiger partial charge in [0.15, 0.2) is 0 Å². The number of fused-ring (bicyclic) bond motifs is 2. The topological polar surface area (TPSA) is 103 Å². The van der Waals surface area contributed by atoms with E-state index in [0.717, 1.165) is 96.1 Å². The third-order valence-electron chi connectivity index (χ3n) is 10.6. The van der Waals surface area contributed by atoms with Crippen molar-refractivity contribution in [3.05, 3.63) is 46.9 Å². The van der Waals surface area contributed by atoms with E-state index >= 15 is 0 Å². The summed E-state index contributed by atoms with van der Waals surface area (Å²) in [6, 6.07) is 5.97. The second kappa shape index (κ2) is 14.9. The molecule has 0 aromatic carbocycles. The van der Waals surface area contributed by atoms with Crippen molar-refractivity contribution in [2.24, 2.45) is 5.92 Å². The van der Waals surface area contributed by atoms with Crippen molar-refractivity contribution >= 4 is 17.6 Å². The van der Waals surface area contributed by atoms with Gasteiger partial charge in [-0.1, -0.05) is 51.4 Å². The Hall–Kier alpha value is -2.91. The van der Waals surface area contributed by atoms with Gasteiger partial charge in [0.2, 0.25) is 0 Å². The van der Waals surface area contributed by atoms with Crippen LogP contribution in [-0.4, -0.2) is 79.2 Å². The fourth-order valence-corrected chi connectivity index (χ4v) is 7.90. The highest BCUT2D eigenvalue weighted by Gasteiger charge is 2.38. The lowest BCUT2D eigenvalue weighted by Gasteiger charge is -2.38. The zero-order valence-corrected chi connectivity index (χ0v) is 26.5. The number of morpholine rings is 1. The van der Waals surface area contributed by atoms with Crippen LogP contribution in [0, 0.1) is 5.92 Å². The van der Waals surface area contributed by atoms with Crippen molar-refractivity contribution in [2.75, 3.05) is 57.4 Å². The first-order chi connectivity index (χ1) is 21.6. The van der Waals surface area contributed by atoms with Gasteiger partial charge >= 0.3 is 0 Å². The average molecular weight is 605 g/mol. The van der Waals surface area contributed by atoms with Gasteiger partial charge in [-0.2, -0.15) is 0 Å². The summed E-state index contributed by atoms with van der Waals surface area (Å²) in [7, 11) is 0. The fourth-order valence-electron chi connectivity index (χ4n) is 7.90. The number of aromatic amines is 1. The predicted octanol–water partition coefficient (Wildman–Crippen LogP) is 5.17. The number of piperidine rings is 1. The van der Waals surface area contributed by atoms with Crippen LogP contribution in [0.25, 0.3) is 0 Å². The lowest BCUT2D eigenvalue weighted by atomic mass is 9.73. The van der Waals surface area contributed by atoms with Crippen LogP contribution in [0.4, 0.5) is 5.82 Å². The molecular weight excluding hydrogens is 552 g/mol. The van der Waals surface area contributed by atoms with E-state index in [9.17, 15) is 9.59 Å². The second-order valence-corrected chi connectivity index (χ2v) is 13.6. The molecule has 0 bridgehead atoms. The Morgan fingerprint density at radius 1 is 0.977 bits per heavy atom. The van der Waals surface area contributed by atoms with Crippen molar-refractivity contribution in [1.82, 2.24) is 25.5 Å². The van der Waals surface area contributed by atoms with Crippen LogP contribution in [0.15, 0.2) is 24.4 Å². The number of carbonyl (C=O) groups is 2. The molecule has 3 fully saturated rings. The summed E-state index contributed by atoms with van der Waals surface area (Å²) in [6.45, 7) is 7.31. The number of pyridine rings is 1. The quantitative estimate of drug-likeness (QED) is 0.359. The molecule has 9 heteroatoms. The van der Waals surface area contributed by atoms with Gasteiger partial charge < -0.3 is 30.2 Å². The molecule has 0 radical (unpaired) electrons. The highest BCUT2D eigenvalue weighted by Crippen LogP contribution is 2.40. The van der Waals surface area contributed by atoms with Gasteiger partial charge in [0.1, 0.15) is 11.5 Å². The number of hydrogen-bond acceptors (Lipinski definition) is 6. The van der Waals surface area contributed by atoms with Crippen molar-refractivity contribution in [1.29, 1.82) is 0 Å². The number of anilines is 1. The lowest BCUT2D eigenvalue weighted by Crippen LogP contribution is -2.43. The summed E-state index contributed by atoms with van der Waals surface area (Å²) in [5.74, 6) is 1.67. The summed E-state index contributed by atoms with van der Waals surface area (Å²) in [4.78, 5) is 38.5. The molecule has 2 aromatic rings. The number of hydrogen-bond donors (Lipinski definition) is 3. The third kappa shape index (κ3) is 7.48. The zero-order valence-electron chi connectivity index (χ0n) is 26.5. The van der Waals surface area contributed by atoms with E-state index < -0.39 is 0 Å². The predicted molar refractivity (Wildman–Crippen MR) is 173 cm³/mol. The van der Waals surface area contributed by atoms with Gasteiger partial charge in [0.05, 0.1) is 18.8 Å². The molecule has 1 aliphatic carbocycles. The van der Waals surface area contributed by atoms with Crippen LogP contribution in [0.5, 0.6) is 0 Å². The van der Waals surface area contributed by atoms with E-state index in [0.29, 0.717) is 18.0 Å². The summed E-state index contributed by atoms with van der Waals surface area (Å²) in [5, 5.41) is 6.84. The number of ether oxygens (including phenoxy) is 1. The fraction of sp³-hybridized carbons (Fsp3) is 0.686. The number of nitrogens with zero attached hydrogens (tertiary/aromatic N) is 3. The molecule has 1 saturated carbocycles. The van der Waals surface area contributed by atoms with Gasteiger partial charge in [-0.3, -0.25) is 9.59 Å². The minimum absolute atomic E-state index is 0.0249.